The minimum atomic E-state index is -4.14. The number of ether oxygens (including phenoxy) is 1. The third-order valence-corrected chi connectivity index (χ3v) is 4.68. The summed E-state index contributed by atoms with van der Waals surface area (Å²) in [4.78, 5) is 16.8. The molecule has 0 aromatic heterocycles. The van der Waals surface area contributed by atoms with E-state index in [1.54, 1.807) is 27.7 Å². The number of methoxy groups -OCH3 is 1. The lowest BCUT2D eigenvalue weighted by molar-refractivity contribution is -0.177. The minimum Gasteiger partial charge on any atom is -0.497 e. The smallest absolute Gasteiger partial charge is 0.324 e. The highest BCUT2D eigenvalue weighted by molar-refractivity contribution is 7.89. The summed E-state index contributed by atoms with van der Waals surface area (Å²) in [7, 11) is -2.67. The Morgan fingerprint density at radius 3 is 2.00 bits per heavy atom. The number of nitrogens with zero attached hydrogens (tertiary/aromatic N) is 1. The second kappa shape index (κ2) is 7.76. The second-order valence-corrected chi connectivity index (χ2v) is 7.40. The summed E-state index contributed by atoms with van der Waals surface area (Å²) >= 11 is 0. The van der Waals surface area contributed by atoms with Gasteiger partial charge in [0.1, 0.15) is 5.75 Å². The molecule has 0 heterocycles. The SMILES string of the molecule is COc1ccc(S(=O)(=O)N(OC(C)C)[C@@H](C(=O)O)C(C)C)cc1. The van der Waals surface area contributed by atoms with Crippen LogP contribution >= 0.6 is 0 Å². The van der Waals surface area contributed by atoms with Crippen molar-refractivity contribution in [1.29, 1.82) is 0 Å². The number of benzene rings is 1. The summed E-state index contributed by atoms with van der Waals surface area (Å²) in [5.74, 6) is -1.24. The number of hydroxylamine groups is 1. The van der Waals surface area contributed by atoms with E-state index in [0.717, 1.165) is 0 Å². The van der Waals surface area contributed by atoms with E-state index in [1.807, 2.05) is 0 Å². The summed E-state index contributed by atoms with van der Waals surface area (Å²) < 4.78 is 31.2. The number of carboxylic acids is 1. The maximum absolute atomic E-state index is 12.8. The third kappa shape index (κ3) is 4.66. The van der Waals surface area contributed by atoms with E-state index in [-0.39, 0.29) is 4.90 Å². The molecule has 130 valence electrons. The molecule has 1 rings (SSSR count). The Bertz CT molecular complexity index is 624. The fourth-order valence-corrected chi connectivity index (χ4v) is 3.56. The molecule has 1 N–H and O–H groups in total. The average Bonchev–Trinajstić information content (AvgIpc) is 2.45. The fourth-order valence-electron chi connectivity index (χ4n) is 1.95. The topological polar surface area (TPSA) is 93.1 Å². The van der Waals surface area contributed by atoms with Crippen LogP contribution in [-0.4, -0.2) is 43.2 Å². The first-order valence-electron chi connectivity index (χ1n) is 7.19. The van der Waals surface area contributed by atoms with Gasteiger partial charge in [-0.15, -0.1) is 0 Å². The maximum Gasteiger partial charge on any atom is 0.324 e. The second-order valence-electron chi connectivity index (χ2n) is 5.62. The van der Waals surface area contributed by atoms with Crippen molar-refractivity contribution in [2.24, 2.45) is 5.92 Å². The quantitative estimate of drug-likeness (QED) is 0.726. The first kappa shape index (κ1) is 19.4. The van der Waals surface area contributed by atoms with E-state index in [4.69, 9.17) is 9.57 Å². The number of hydrogen-bond donors (Lipinski definition) is 1. The van der Waals surface area contributed by atoms with Crippen LogP contribution in [0.5, 0.6) is 5.75 Å². The van der Waals surface area contributed by atoms with Gasteiger partial charge >= 0.3 is 5.97 Å². The molecule has 7 nitrogen and oxygen atoms in total. The van der Waals surface area contributed by atoms with Gasteiger partial charge in [0, 0.05) is 0 Å². The van der Waals surface area contributed by atoms with Crippen molar-refractivity contribution in [3.63, 3.8) is 0 Å². The highest BCUT2D eigenvalue weighted by Gasteiger charge is 2.40. The molecule has 8 heteroatoms. The molecule has 0 bridgehead atoms. The summed E-state index contributed by atoms with van der Waals surface area (Å²) in [5, 5.41) is 9.41. The van der Waals surface area contributed by atoms with Crippen LogP contribution in [0.1, 0.15) is 27.7 Å². The van der Waals surface area contributed by atoms with Gasteiger partial charge in [-0.25, -0.2) is 8.42 Å². The van der Waals surface area contributed by atoms with E-state index < -0.39 is 34.1 Å². The minimum absolute atomic E-state index is 0.0640. The zero-order valence-electron chi connectivity index (χ0n) is 13.9. The molecule has 0 saturated carbocycles. The van der Waals surface area contributed by atoms with Crippen molar-refractivity contribution >= 4 is 16.0 Å². The molecular weight excluding hydrogens is 322 g/mol. The lowest BCUT2D eigenvalue weighted by atomic mass is 10.1. The molecule has 0 spiro atoms. The van der Waals surface area contributed by atoms with Gasteiger partial charge in [0.05, 0.1) is 18.1 Å². The van der Waals surface area contributed by atoms with E-state index >= 15 is 0 Å². The Kier molecular flexibility index (Phi) is 6.55. The predicted octanol–water partition coefficient (Wildman–Crippen LogP) is 2.14. The molecule has 0 aliphatic rings. The molecular formula is C15H23NO6S. The molecule has 0 saturated heterocycles. The molecule has 23 heavy (non-hydrogen) atoms. The third-order valence-electron chi connectivity index (χ3n) is 3.02. The van der Waals surface area contributed by atoms with E-state index in [0.29, 0.717) is 10.2 Å². The van der Waals surface area contributed by atoms with Crippen molar-refractivity contribution < 1.29 is 27.9 Å². The summed E-state index contributed by atoms with van der Waals surface area (Å²) in [6.45, 7) is 6.52. The van der Waals surface area contributed by atoms with E-state index in [1.165, 1.54) is 31.4 Å². The summed E-state index contributed by atoms with van der Waals surface area (Å²) in [6, 6.07) is 4.36. The van der Waals surface area contributed by atoms with Crippen LogP contribution < -0.4 is 4.74 Å². The summed E-state index contributed by atoms with van der Waals surface area (Å²) in [6.07, 6.45) is -0.497. The van der Waals surface area contributed by atoms with Crippen LogP contribution in [0.2, 0.25) is 0 Å². The van der Waals surface area contributed by atoms with Crippen molar-refractivity contribution in [2.45, 2.75) is 44.7 Å². The Morgan fingerprint density at radius 1 is 1.13 bits per heavy atom. The van der Waals surface area contributed by atoms with Gasteiger partial charge in [0.15, 0.2) is 6.04 Å². The first-order valence-corrected chi connectivity index (χ1v) is 8.63. The highest BCUT2D eigenvalue weighted by Crippen LogP contribution is 2.25. The van der Waals surface area contributed by atoms with Gasteiger partial charge in [0.2, 0.25) is 0 Å². The van der Waals surface area contributed by atoms with Crippen molar-refractivity contribution in [1.82, 2.24) is 4.47 Å². The van der Waals surface area contributed by atoms with Gasteiger partial charge in [-0.3, -0.25) is 9.63 Å². The largest absolute Gasteiger partial charge is 0.497 e. The van der Waals surface area contributed by atoms with Crippen molar-refractivity contribution in [3.05, 3.63) is 24.3 Å². The molecule has 0 unspecified atom stereocenters. The van der Waals surface area contributed by atoms with E-state index in [9.17, 15) is 18.3 Å². The van der Waals surface area contributed by atoms with Gasteiger partial charge < -0.3 is 9.84 Å². The average molecular weight is 345 g/mol. The molecule has 0 radical (unpaired) electrons. The lowest BCUT2D eigenvalue weighted by Crippen LogP contribution is -2.48. The first-order chi connectivity index (χ1) is 10.6. The zero-order valence-corrected chi connectivity index (χ0v) is 14.7. The molecule has 0 aliphatic carbocycles. The Morgan fingerprint density at radius 2 is 1.65 bits per heavy atom. The number of hydrogen-bond acceptors (Lipinski definition) is 5. The van der Waals surface area contributed by atoms with Crippen LogP contribution in [-0.2, 0) is 19.7 Å². The van der Waals surface area contributed by atoms with Gasteiger partial charge in [-0.1, -0.05) is 18.3 Å². The Balaban J connectivity index is 3.34. The number of carbonyl (C=O) groups is 1. The molecule has 0 amide bonds. The molecule has 1 aromatic rings. The van der Waals surface area contributed by atoms with Gasteiger partial charge in [-0.05, 0) is 44.0 Å². The van der Waals surface area contributed by atoms with Crippen LogP contribution in [0, 0.1) is 5.92 Å². The number of carboxylic acid groups (broad SMARTS) is 1. The Hall–Kier alpha value is -1.64. The van der Waals surface area contributed by atoms with Crippen molar-refractivity contribution in [2.75, 3.05) is 7.11 Å². The van der Waals surface area contributed by atoms with Crippen LogP contribution in [0.3, 0.4) is 0 Å². The van der Waals surface area contributed by atoms with Gasteiger partial charge in [0.25, 0.3) is 10.0 Å². The predicted molar refractivity (Wildman–Crippen MR) is 84.5 cm³/mol. The molecule has 0 aliphatic heterocycles. The molecule has 1 atom stereocenters. The van der Waals surface area contributed by atoms with Crippen molar-refractivity contribution in [3.8, 4) is 5.75 Å². The van der Waals surface area contributed by atoms with Crippen LogP contribution in [0.4, 0.5) is 0 Å². The molecule has 0 fully saturated rings. The standard InChI is InChI=1S/C15H23NO6S/c1-10(2)14(15(17)18)16(22-11(3)4)23(19,20)13-8-6-12(21-5)7-9-13/h6-11,14H,1-5H3,(H,17,18)/t14-/m1/s1. The monoisotopic (exact) mass is 345 g/mol. The number of rotatable bonds is 8. The highest BCUT2D eigenvalue weighted by atomic mass is 32.2. The maximum atomic E-state index is 12.8. The zero-order chi connectivity index (χ0) is 17.8. The summed E-state index contributed by atoms with van der Waals surface area (Å²) in [5.41, 5.74) is 0. The lowest BCUT2D eigenvalue weighted by Gasteiger charge is -2.30. The van der Waals surface area contributed by atoms with E-state index in [2.05, 4.69) is 0 Å². The molecule has 1 aromatic carbocycles. The number of aliphatic carboxylic acids is 1. The Labute approximate surface area is 136 Å². The van der Waals surface area contributed by atoms with Crippen LogP contribution in [0.15, 0.2) is 29.2 Å². The van der Waals surface area contributed by atoms with Gasteiger partial charge in [-0.2, -0.15) is 0 Å². The normalized spacial score (nSPS) is 13.6. The fraction of sp³-hybridized carbons (Fsp3) is 0.533. The number of sulfonamides is 1. The van der Waals surface area contributed by atoms with Crippen LogP contribution in [0.25, 0.3) is 0 Å².